The molecule has 1 unspecified atom stereocenters. The van der Waals surface area contributed by atoms with Crippen LogP contribution in [0.15, 0.2) is 42.6 Å². The quantitative estimate of drug-likeness (QED) is 0.474. The smallest absolute Gasteiger partial charge is 0.416 e. The summed E-state index contributed by atoms with van der Waals surface area (Å²) in [6, 6.07) is 9.08. The van der Waals surface area contributed by atoms with Gasteiger partial charge >= 0.3 is 12.1 Å². The number of alkyl halides is 3. The first kappa shape index (κ1) is 24.8. The van der Waals surface area contributed by atoms with Crippen LogP contribution in [-0.4, -0.2) is 33.1 Å². The van der Waals surface area contributed by atoms with Gasteiger partial charge in [0, 0.05) is 24.4 Å². The van der Waals surface area contributed by atoms with Crippen molar-refractivity contribution in [1.82, 2.24) is 9.78 Å². The second kappa shape index (κ2) is 9.03. The molecule has 0 saturated carbocycles. The fraction of sp³-hybridized carbons (Fsp3) is 0.385. The topological polar surface area (TPSA) is 73.6 Å². The maximum absolute atomic E-state index is 14.3. The van der Waals surface area contributed by atoms with Crippen molar-refractivity contribution in [2.75, 3.05) is 6.61 Å². The zero-order valence-electron chi connectivity index (χ0n) is 19.9. The van der Waals surface area contributed by atoms with Gasteiger partial charge in [-0.3, -0.25) is 4.68 Å². The second-order valence-electron chi connectivity index (χ2n) is 9.54. The van der Waals surface area contributed by atoms with Crippen LogP contribution >= 0.6 is 0 Å². The number of aliphatic carboxylic acids is 1. The molecule has 0 aliphatic carbocycles. The van der Waals surface area contributed by atoms with Crippen molar-refractivity contribution in [3.05, 3.63) is 59.3 Å². The third kappa shape index (κ3) is 5.19. The summed E-state index contributed by atoms with van der Waals surface area (Å²) < 4.78 is 55.9. The number of ether oxygens (including phenoxy) is 2. The van der Waals surface area contributed by atoms with Gasteiger partial charge in [-0.05, 0) is 74.6 Å². The zero-order valence-corrected chi connectivity index (χ0v) is 19.9. The highest BCUT2D eigenvalue weighted by Crippen LogP contribution is 2.47. The van der Waals surface area contributed by atoms with Gasteiger partial charge in [0.15, 0.2) is 6.10 Å². The summed E-state index contributed by atoms with van der Waals surface area (Å²) in [5.74, 6) is -0.834. The predicted octanol–water partition coefficient (Wildman–Crippen LogP) is 6.04. The molecule has 0 radical (unpaired) electrons. The Labute approximate surface area is 201 Å². The summed E-state index contributed by atoms with van der Waals surface area (Å²) in [5, 5.41) is 14.5. The summed E-state index contributed by atoms with van der Waals surface area (Å²) in [4.78, 5) is 12.4. The number of carboxylic acid groups (broad SMARTS) is 1. The van der Waals surface area contributed by atoms with Crippen molar-refractivity contribution in [1.29, 1.82) is 0 Å². The number of carbonyl (C=O) groups is 1. The van der Waals surface area contributed by atoms with Gasteiger partial charge in [-0.25, -0.2) is 4.79 Å². The Morgan fingerprint density at radius 1 is 1.17 bits per heavy atom. The molecule has 0 bridgehead atoms. The van der Waals surface area contributed by atoms with E-state index in [4.69, 9.17) is 9.47 Å². The number of hydrogen-bond acceptors (Lipinski definition) is 4. The lowest BCUT2D eigenvalue weighted by molar-refractivity contribution is -0.163. The van der Waals surface area contributed by atoms with Gasteiger partial charge in [0.2, 0.25) is 0 Å². The van der Waals surface area contributed by atoms with E-state index >= 15 is 0 Å². The van der Waals surface area contributed by atoms with E-state index in [0.29, 0.717) is 35.6 Å². The highest BCUT2D eigenvalue weighted by atomic mass is 19.4. The highest BCUT2D eigenvalue weighted by Gasteiger charge is 2.41. The molecule has 35 heavy (non-hydrogen) atoms. The van der Waals surface area contributed by atoms with E-state index in [1.165, 1.54) is 10.7 Å². The second-order valence-corrected chi connectivity index (χ2v) is 9.54. The SMILES string of the molecule is Cn1ccc(-c2ccc(C(F)(F)F)c(C(OC(C)(C)C)C(=O)O)c2-c2ccc3c(c2)CCCO3)n1. The molecule has 0 fully saturated rings. The molecule has 1 aliphatic rings. The summed E-state index contributed by atoms with van der Waals surface area (Å²) >= 11 is 0. The van der Waals surface area contributed by atoms with Crippen molar-refractivity contribution >= 4 is 5.97 Å². The van der Waals surface area contributed by atoms with E-state index in [1.54, 1.807) is 58.3 Å². The Kier molecular flexibility index (Phi) is 6.40. The molecular weight excluding hydrogens is 461 g/mol. The lowest BCUT2D eigenvalue weighted by Crippen LogP contribution is -2.29. The van der Waals surface area contributed by atoms with Crippen LogP contribution in [0.2, 0.25) is 0 Å². The largest absolute Gasteiger partial charge is 0.493 e. The van der Waals surface area contributed by atoms with Crippen LogP contribution in [0.4, 0.5) is 13.2 Å². The average Bonchev–Trinajstić information content (AvgIpc) is 3.21. The Morgan fingerprint density at radius 2 is 1.91 bits per heavy atom. The minimum absolute atomic E-state index is 0.128. The monoisotopic (exact) mass is 488 g/mol. The molecule has 1 aromatic heterocycles. The zero-order chi connectivity index (χ0) is 25.5. The third-order valence-electron chi connectivity index (χ3n) is 5.70. The molecular formula is C26H27F3N2O4. The first-order valence-electron chi connectivity index (χ1n) is 11.3. The van der Waals surface area contributed by atoms with Crippen molar-refractivity contribution in [3.63, 3.8) is 0 Å². The molecule has 4 rings (SSSR count). The minimum Gasteiger partial charge on any atom is -0.493 e. The maximum atomic E-state index is 14.3. The van der Waals surface area contributed by atoms with Crippen molar-refractivity contribution < 1.29 is 32.5 Å². The van der Waals surface area contributed by atoms with E-state index in [1.807, 2.05) is 0 Å². The predicted molar refractivity (Wildman–Crippen MR) is 124 cm³/mol. The van der Waals surface area contributed by atoms with E-state index in [-0.39, 0.29) is 5.56 Å². The van der Waals surface area contributed by atoms with Crippen LogP contribution in [0.5, 0.6) is 5.75 Å². The number of hydrogen-bond donors (Lipinski definition) is 1. The number of aryl methyl sites for hydroxylation is 2. The molecule has 186 valence electrons. The normalized spacial score (nSPS) is 14.8. The fourth-order valence-corrected chi connectivity index (χ4v) is 4.32. The van der Waals surface area contributed by atoms with E-state index in [9.17, 15) is 23.1 Å². The van der Waals surface area contributed by atoms with E-state index < -0.39 is 35.0 Å². The fourth-order valence-electron chi connectivity index (χ4n) is 4.32. The third-order valence-corrected chi connectivity index (χ3v) is 5.70. The molecule has 2 aromatic carbocycles. The van der Waals surface area contributed by atoms with Crippen molar-refractivity contribution in [2.45, 2.75) is 51.5 Å². The van der Waals surface area contributed by atoms with Crippen LogP contribution in [-0.2, 0) is 29.2 Å². The van der Waals surface area contributed by atoms with Gasteiger partial charge < -0.3 is 14.6 Å². The molecule has 1 atom stereocenters. The number of fused-ring (bicyclic) bond motifs is 1. The molecule has 0 saturated heterocycles. The Morgan fingerprint density at radius 3 is 2.51 bits per heavy atom. The molecule has 1 aliphatic heterocycles. The first-order chi connectivity index (χ1) is 16.3. The lowest BCUT2D eigenvalue weighted by atomic mass is 9.85. The number of aromatic nitrogens is 2. The molecule has 3 aromatic rings. The van der Waals surface area contributed by atoms with E-state index in [0.717, 1.165) is 18.1 Å². The minimum atomic E-state index is -4.81. The Hall–Kier alpha value is -3.33. The van der Waals surface area contributed by atoms with Gasteiger partial charge in [0.1, 0.15) is 5.75 Å². The van der Waals surface area contributed by atoms with Gasteiger partial charge in [-0.1, -0.05) is 12.1 Å². The summed E-state index contributed by atoms with van der Waals surface area (Å²) in [7, 11) is 1.70. The van der Waals surface area contributed by atoms with Crippen molar-refractivity contribution in [2.24, 2.45) is 7.05 Å². The van der Waals surface area contributed by atoms with Crippen LogP contribution in [0, 0.1) is 0 Å². The molecule has 0 amide bonds. The summed E-state index contributed by atoms with van der Waals surface area (Å²) in [5.41, 5.74) is -0.289. The number of rotatable bonds is 5. The van der Waals surface area contributed by atoms with Crippen LogP contribution < -0.4 is 4.74 Å². The summed E-state index contributed by atoms with van der Waals surface area (Å²) in [6.45, 7) is 5.39. The molecule has 2 heterocycles. The standard InChI is InChI=1S/C26H27F3N2O4/c1-25(2,3)35-23(24(32)33)22-18(26(27,28)29)9-8-17(19-11-12-31(4)30-19)21(22)16-7-10-20-15(14-16)6-5-13-34-20/h7-12,14,23H,5-6,13H2,1-4H3,(H,32,33). The highest BCUT2D eigenvalue weighted by molar-refractivity contribution is 5.90. The first-order valence-corrected chi connectivity index (χ1v) is 11.3. The molecule has 1 N–H and O–H groups in total. The van der Waals surface area contributed by atoms with Crippen LogP contribution in [0.1, 0.15) is 50.0 Å². The van der Waals surface area contributed by atoms with Crippen molar-refractivity contribution in [3.8, 4) is 28.1 Å². The van der Waals surface area contributed by atoms with Crippen LogP contribution in [0.3, 0.4) is 0 Å². The average molecular weight is 489 g/mol. The molecule has 6 nitrogen and oxygen atoms in total. The summed E-state index contributed by atoms with van der Waals surface area (Å²) in [6.07, 6.45) is -3.50. The van der Waals surface area contributed by atoms with Gasteiger partial charge in [0.25, 0.3) is 0 Å². The number of halogens is 3. The van der Waals surface area contributed by atoms with Gasteiger partial charge in [-0.2, -0.15) is 18.3 Å². The lowest BCUT2D eigenvalue weighted by Gasteiger charge is -2.30. The maximum Gasteiger partial charge on any atom is 0.416 e. The number of carboxylic acids is 1. The van der Waals surface area contributed by atoms with Crippen LogP contribution in [0.25, 0.3) is 22.4 Å². The Bertz CT molecular complexity index is 1260. The van der Waals surface area contributed by atoms with Gasteiger partial charge in [-0.15, -0.1) is 0 Å². The number of benzene rings is 2. The van der Waals surface area contributed by atoms with E-state index in [2.05, 4.69) is 5.10 Å². The Balaban J connectivity index is 2.09. The molecule has 9 heteroatoms. The number of nitrogens with zero attached hydrogens (tertiary/aromatic N) is 2. The molecule has 0 spiro atoms. The van der Waals surface area contributed by atoms with Gasteiger partial charge in [0.05, 0.1) is 23.5 Å².